The Morgan fingerprint density at radius 3 is 2.89 bits per heavy atom. The summed E-state index contributed by atoms with van der Waals surface area (Å²) >= 11 is 0. The van der Waals surface area contributed by atoms with Crippen molar-refractivity contribution in [1.29, 1.82) is 5.26 Å². The fourth-order valence-electron chi connectivity index (χ4n) is 3.40. The van der Waals surface area contributed by atoms with Gasteiger partial charge in [0.15, 0.2) is 6.61 Å². The van der Waals surface area contributed by atoms with Crippen LogP contribution in [0.1, 0.15) is 44.0 Å². The molecular weight excluding hydrogens is 360 g/mol. The number of amides is 2. The molecule has 0 spiro atoms. The van der Waals surface area contributed by atoms with E-state index in [1.165, 1.54) is 0 Å². The van der Waals surface area contributed by atoms with Crippen LogP contribution in [0.5, 0.6) is 0 Å². The van der Waals surface area contributed by atoms with Gasteiger partial charge in [0.05, 0.1) is 23.0 Å². The number of esters is 1. The zero-order valence-electron chi connectivity index (χ0n) is 16.2. The molecule has 1 aromatic carbocycles. The number of ether oxygens (including phenoxy) is 1. The average Bonchev–Trinajstić information content (AvgIpc) is 3.16. The average molecular weight is 384 g/mol. The standard InChI is InChI=1S/C20H24N4O4/c1-12(2)20(3,11-21)23-17(25)10-28-19(27)13-6-7-15-14(9-13)22-18(26)16-5-4-8-24(15)16/h6-7,9,12,16H,4-5,8,10H2,1-3H3,(H,22,26)(H,23,25)/t16-,20+/m0/s1. The van der Waals surface area contributed by atoms with Crippen LogP contribution in [0.25, 0.3) is 0 Å². The van der Waals surface area contributed by atoms with Gasteiger partial charge in [-0.15, -0.1) is 0 Å². The fourth-order valence-corrected chi connectivity index (χ4v) is 3.40. The van der Waals surface area contributed by atoms with Crippen molar-refractivity contribution in [3.63, 3.8) is 0 Å². The summed E-state index contributed by atoms with van der Waals surface area (Å²) in [5.41, 5.74) is 0.666. The SMILES string of the molecule is CC(C)[C@@](C)(C#N)NC(=O)COC(=O)c1ccc2c(c1)NC(=O)[C@@H]1CCCN21. The monoisotopic (exact) mass is 384 g/mol. The molecule has 0 saturated carbocycles. The van der Waals surface area contributed by atoms with E-state index in [4.69, 9.17) is 4.74 Å². The van der Waals surface area contributed by atoms with E-state index in [-0.39, 0.29) is 23.4 Å². The normalized spacial score (nSPS) is 19.8. The second-order valence-corrected chi connectivity index (χ2v) is 7.67. The molecule has 0 aliphatic carbocycles. The Morgan fingerprint density at radius 1 is 1.46 bits per heavy atom. The topological polar surface area (TPSA) is 112 Å². The number of nitrogens with zero attached hydrogens (tertiary/aromatic N) is 2. The van der Waals surface area contributed by atoms with Crippen molar-refractivity contribution < 1.29 is 19.1 Å². The minimum absolute atomic E-state index is 0.0700. The zero-order chi connectivity index (χ0) is 20.5. The quantitative estimate of drug-likeness (QED) is 0.749. The van der Waals surface area contributed by atoms with Crippen molar-refractivity contribution in [2.75, 3.05) is 23.4 Å². The summed E-state index contributed by atoms with van der Waals surface area (Å²) in [6, 6.07) is 6.90. The summed E-state index contributed by atoms with van der Waals surface area (Å²) in [4.78, 5) is 38.6. The first kappa shape index (κ1) is 19.7. The maximum Gasteiger partial charge on any atom is 0.338 e. The lowest BCUT2D eigenvalue weighted by atomic mass is 9.90. The Bertz CT molecular complexity index is 860. The van der Waals surface area contributed by atoms with E-state index in [1.807, 2.05) is 18.7 Å². The lowest BCUT2D eigenvalue weighted by Gasteiger charge is -2.33. The van der Waals surface area contributed by atoms with E-state index in [2.05, 4.69) is 16.7 Å². The number of rotatable bonds is 5. The number of carbonyl (C=O) groups excluding carboxylic acids is 3. The molecule has 3 rings (SSSR count). The molecule has 2 atom stereocenters. The van der Waals surface area contributed by atoms with Gasteiger partial charge < -0.3 is 20.3 Å². The first-order valence-electron chi connectivity index (χ1n) is 9.36. The third kappa shape index (κ3) is 3.65. The van der Waals surface area contributed by atoms with Gasteiger partial charge in [-0.25, -0.2) is 4.79 Å². The van der Waals surface area contributed by atoms with Gasteiger partial charge in [0.1, 0.15) is 11.6 Å². The van der Waals surface area contributed by atoms with Crippen LogP contribution in [-0.4, -0.2) is 42.5 Å². The van der Waals surface area contributed by atoms with Gasteiger partial charge >= 0.3 is 5.97 Å². The van der Waals surface area contributed by atoms with Gasteiger partial charge in [0.25, 0.3) is 5.91 Å². The van der Waals surface area contributed by atoms with Crippen molar-refractivity contribution in [3.05, 3.63) is 23.8 Å². The van der Waals surface area contributed by atoms with Gasteiger partial charge in [0, 0.05) is 6.54 Å². The molecular formula is C20H24N4O4. The molecule has 0 bridgehead atoms. The number of nitrogens with one attached hydrogen (secondary N) is 2. The Morgan fingerprint density at radius 2 is 2.21 bits per heavy atom. The molecule has 2 N–H and O–H groups in total. The van der Waals surface area contributed by atoms with Gasteiger partial charge in [0.2, 0.25) is 5.91 Å². The predicted molar refractivity (Wildman–Crippen MR) is 103 cm³/mol. The molecule has 2 heterocycles. The summed E-state index contributed by atoms with van der Waals surface area (Å²) in [6.07, 6.45) is 1.77. The number of hydrogen-bond acceptors (Lipinski definition) is 6. The molecule has 0 aromatic heterocycles. The van der Waals surface area contributed by atoms with E-state index < -0.39 is 24.0 Å². The number of benzene rings is 1. The van der Waals surface area contributed by atoms with Gasteiger partial charge in [-0.2, -0.15) is 5.26 Å². The first-order valence-corrected chi connectivity index (χ1v) is 9.36. The third-order valence-electron chi connectivity index (χ3n) is 5.48. The molecule has 2 aliphatic rings. The van der Waals surface area contributed by atoms with Crippen LogP contribution in [0.15, 0.2) is 18.2 Å². The highest BCUT2D eigenvalue weighted by Gasteiger charge is 2.36. The molecule has 0 radical (unpaired) electrons. The maximum absolute atomic E-state index is 12.3. The predicted octanol–water partition coefficient (Wildman–Crippen LogP) is 1.82. The second kappa shape index (κ2) is 7.50. The molecule has 1 saturated heterocycles. The Labute approximate surface area is 163 Å². The summed E-state index contributed by atoms with van der Waals surface area (Å²) in [7, 11) is 0. The van der Waals surface area contributed by atoms with E-state index >= 15 is 0 Å². The highest BCUT2D eigenvalue weighted by atomic mass is 16.5. The number of nitriles is 1. The number of hydrogen-bond donors (Lipinski definition) is 2. The summed E-state index contributed by atoms with van der Waals surface area (Å²) in [5.74, 6) is -1.38. The largest absolute Gasteiger partial charge is 0.452 e. The molecule has 8 nitrogen and oxygen atoms in total. The minimum Gasteiger partial charge on any atom is -0.452 e. The lowest BCUT2D eigenvalue weighted by Crippen LogP contribution is -2.50. The number of fused-ring (bicyclic) bond motifs is 3. The van der Waals surface area contributed by atoms with Crippen LogP contribution < -0.4 is 15.5 Å². The third-order valence-corrected chi connectivity index (χ3v) is 5.48. The van der Waals surface area contributed by atoms with Crippen molar-refractivity contribution in [2.45, 2.75) is 45.2 Å². The van der Waals surface area contributed by atoms with Crippen LogP contribution in [0, 0.1) is 17.2 Å². The molecule has 8 heteroatoms. The molecule has 2 aliphatic heterocycles. The Hall–Kier alpha value is -3.08. The Balaban J connectivity index is 1.64. The van der Waals surface area contributed by atoms with Crippen LogP contribution in [0.2, 0.25) is 0 Å². The van der Waals surface area contributed by atoms with E-state index in [1.54, 1.807) is 25.1 Å². The van der Waals surface area contributed by atoms with Crippen LogP contribution in [0.3, 0.4) is 0 Å². The summed E-state index contributed by atoms with van der Waals surface area (Å²) < 4.78 is 5.08. The highest BCUT2D eigenvalue weighted by Crippen LogP contribution is 2.37. The van der Waals surface area contributed by atoms with Gasteiger partial charge in [-0.1, -0.05) is 13.8 Å². The van der Waals surface area contributed by atoms with E-state index in [0.29, 0.717) is 5.69 Å². The fraction of sp³-hybridized carbons (Fsp3) is 0.500. The smallest absolute Gasteiger partial charge is 0.338 e. The number of anilines is 2. The maximum atomic E-state index is 12.3. The highest BCUT2D eigenvalue weighted by molar-refractivity contribution is 6.05. The molecule has 2 amide bonds. The second-order valence-electron chi connectivity index (χ2n) is 7.67. The molecule has 1 aromatic rings. The summed E-state index contributed by atoms with van der Waals surface area (Å²) in [6.45, 7) is 5.59. The zero-order valence-corrected chi connectivity index (χ0v) is 16.2. The lowest BCUT2D eigenvalue weighted by molar-refractivity contribution is -0.125. The van der Waals surface area contributed by atoms with E-state index in [9.17, 15) is 19.6 Å². The molecule has 0 unspecified atom stereocenters. The molecule has 28 heavy (non-hydrogen) atoms. The van der Waals surface area contributed by atoms with Crippen LogP contribution in [0.4, 0.5) is 11.4 Å². The van der Waals surface area contributed by atoms with Crippen LogP contribution >= 0.6 is 0 Å². The van der Waals surface area contributed by atoms with Crippen molar-refractivity contribution >= 4 is 29.2 Å². The van der Waals surface area contributed by atoms with Gasteiger partial charge in [-0.05, 0) is 43.9 Å². The molecule has 148 valence electrons. The Kier molecular flexibility index (Phi) is 5.27. The first-order chi connectivity index (χ1) is 13.2. The van der Waals surface area contributed by atoms with E-state index in [0.717, 1.165) is 25.1 Å². The van der Waals surface area contributed by atoms with Crippen molar-refractivity contribution in [3.8, 4) is 6.07 Å². The van der Waals surface area contributed by atoms with Crippen LogP contribution in [-0.2, 0) is 14.3 Å². The minimum atomic E-state index is -1.04. The summed E-state index contributed by atoms with van der Waals surface area (Å²) in [5, 5.41) is 14.7. The van der Waals surface area contributed by atoms with Gasteiger partial charge in [-0.3, -0.25) is 9.59 Å². The van der Waals surface area contributed by atoms with Crippen molar-refractivity contribution in [2.24, 2.45) is 5.92 Å². The van der Waals surface area contributed by atoms with Crippen molar-refractivity contribution in [1.82, 2.24) is 5.32 Å². The number of carbonyl (C=O) groups is 3. The molecule has 1 fully saturated rings.